The topological polar surface area (TPSA) is 62.8 Å². The summed E-state index contributed by atoms with van der Waals surface area (Å²) in [4.78, 5) is 15.1. The van der Waals surface area contributed by atoms with E-state index in [0.29, 0.717) is 12.1 Å². The van der Waals surface area contributed by atoms with Crippen LogP contribution in [0.1, 0.15) is 51.5 Å². The van der Waals surface area contributed by atoms with Crippen molar-refractivity contribution in [2.24, 2.45) is 0 Å². The summed E-state index contributed by atoms with van der Waals surface area (Å²) < 4.78 is 11.5. The molecular weight excluding hydrogens is 354 g/mol. The maximum absolute atomic E-state index is 12.6. The Morgan fingerprint density at radius 1 is 1.29 bits per heavy atom. The van der Waals surface area contributed by atoms with Gasteiger partial charge in [-0.15, -0.1) is 0 Å². The van der Waals surface area contributed by atoms with E-state index in [1.807, 2.05) is 18.2 Å². The zero-order valence-corrected chi connectivity index (χ0v) is 17.3. The summed E-state index contributed by atoms with van der Waals surface area (Å²) in [7, 11) is 1.79. The van der Waals surface area contributed by atoms with Crippen molar-refractivity contribution in [2.45, 2.75) is 76.2 Å². The number of aryl methyl sites for hydroxylation is 1. The molecule has 1 aliphatic carbocycles. The van der Waals surface area contributed by atoms with Gasteiger partial charge in [0.1, 0.15) is 11.4 Å². The number of nitrogens with zero attached hydrogens (tertiary/aromatic N) is 1. The fraction of sp³-hybridized carbons (Fsp3) is 0.682. The van der Waals surface area contributed by atoms with Crippen molar-refractivity contribution >= 4 is 11.7 Å². The number of likely N-dealkylation sites (tertiary alicyclic amines) is 1. The number of hydrogen-bond acceptors (Lipinski definition) is 4. The zero-order chi connectivity index (χ0) is 19.7. The molecule has 1 aromatic rings. The molecule has 3 atom stereocenters. The first-order valence-electron chi connectivity index (χ1n) is 10.6. The first-order chi connectivity index (χ1) is 13.4. The van der Waals surface area contributed by atoms with Gasteiger partial charge in [0.2, 0.25) is 0 Å². The lowest BCUT2D eigenvalue weighted by Gasteiger charge is -2.32. The number of ether oxygens (including phenoxy) is 2. The number of anilines is 1. The Morgan fingerprint density at radius 3 is 2.93 bits per heavy atom. The van der Waals surface area contributed by atoms with Crippen LogP contribution in [0, 0.1) is 0 Å². The molecule has 1 saturated carbocycles. The first kappa shape index (κ1) is 19.5. The Kier molecular flexibility index (Phi) is 5.52. The van der Waals surface area contributed by atoms with Crippen molar-refractivity contribution in [3.63, 3.8) is 0 Å². The normalized spacial score (nSPS) is 29.2. The van der Waals surface area contributed by atoms with Gasteiger partial charge in [-0.25, -0.2) is 4.79 Å². The maximum atomic E-state index is 12.6. The van der Waals surface area contributed by atoms with Gasteiger partial charge in [-0.1, -0.05) is 0 Å². The lowest BCUT2D eigenvalue weighted by atomic mass is 9.94. The molecule has 0 aromatic heterocycles. The predicted octanol–water partition coefficient (Wildman–Crippen LogP) is 3.55. The molecule has 1 saturated heterocycles. The van der Waals surface area contributed by atoms with Crippen LogP contribution in [-0.2, 0) is 11.2 Å². The summed E-state index contributed by atoms with van der Waals surface area (Å²) in [6, 6.07) is 6.45. The van der Waals surface area contributed by atoms with E-state index in [2.05, 4.69) is 29.4 Å². The second-order valence-electron chi connectivity index (χ2n) is 9.03. The number of benzene rings is 1. The number of rotatable bonds is 4. The summed E-state index contributed by atoms with van der Waals surface area (Å²) in [5.74, 6) is 0.930. The predicted molar refractivity (Wildman–Crippen MR) is 110 cm³/mol. The zero-order valence-electron chi connectivity index (χ0n) is 17.3. The Balaban J connectivity index is 1.34. The van der Waals surface area contributed by atoms with Crippen LogP contribution in [0.4, 0.5) is 10.5 Å². The lowest BCUT2D eigenvalue weighted by Crippen LogP contribution is -2.49. The molecule has 154 valence electrons. The van der Waals surface area contributed by atoms with Crippen molar-refractivity contribution < 1.29 is 14.3 Å². The third kappa shape index (κ3) is 4.28. The Bertz CT molecular complexity index is 721. The van der Waals surface area contributed by atoms with Gasteiger partial charge in [-0.05, 0) is 76.1 Å². The van der Waals surface area contributed by atoms with E-state index >= 15 is 0 Å². The van der Waals surface area contributed by atoms with E-state index < -0.39 is 0 Å². The molecule has 2 aliphatic heterocycles. The van der Waals surface area contributed by atoms with Crippen LogP contribution in [0.25, 0.3) is 0 Å². The van der Waals surface area contributed by atoms with E-state index in [1.54, 1.807) is 7.11 Å². The monoisotopic (exact) mass is 387 g/mol. The van der Waals surface area contributed by atoms with E-state index in [4.69, 9.17) is 9.47 Å². The van der Waals surface area contributed by atoms with Gasteiger partial charge in [-0.3, -0.25) is 4.90 Å². The Labute approximate surface area is 168 Å². The van der Waals surface area contributed by atoms with E-state index in [-0.39, 0.29) is 17.7 Å². The molecule has 2 heterocycles. The second-order valence-corrected chi connectivity index (χ2v) is 9.03. The molecule has 1 aromatic carbocycles. The van der Waals surface area contributed by atoms with Crippen molar-refractivity contribution in [1.82, 2.24) is 10.2 Å². The van der Waals surface area contributed by atoms with Crippen LogP contribution < -0.4 is 15.4 Å². The maximum Gasteiger partial charge on any atom is 0.319 e. The minimum absolute atomic E-state index is 0.114. The smallest absolute Gasteiger partial charge is 0.319 e. The molecule has 3 aliphatic rings. The summed E-state index contributed by atoms with van der Waals surface area (Å²) in [5.41, 5.74) is 1.88. The molecular formula is C22H33N3O3. The van der Waals surface area contributed by atoms with Crippen LogP contribution in [-0.4, -0.2) is 54.9 Å². The SMILES string of the molecule is COC1CCN([C@@H]2CCC[C@@H]2NC(=O)Nc2ccc3c(c2)CCC(C)(C)O3)C1. The number of fused-ring (bicyclic) bond motifs is 1. The minimum Gasteiger partial charge on any atom is -0.488 e. The van der Waals surface area contributed by atoms with Crippen molar-refractivity contribution in [3.8, 4) is 5.75 Å². The highest BCUT2D eigenvalue weighted by Gasteiger charge is 2.37. The molecule has 0 spiro atoms. The van der Waals surface area contributed by atoms with Gasteiger partial charge < -0.3 is 20.1 Å². The number of carbonyl (C=O) groups excluding carboxylic acids is 1. The van der Waals surface area contributed by atoms with E-state index in [0.717, 1.165) is 63.1 Å². The second kappa shape index (κ2) is 7.91. The van der Waals surface area contributed by atoms with Gasteiger partial charge in [0.25, 0.3) is 0 Å². The van der Waals surface area contributed by atoms with Crippen LogP contribution in [0.2, 0.25) is 0 Å². The number of methoxy groups -OCH3 is 1. The van der Waals surface area contributed by atoms with Crippen LogP contribution >= 0.6 is 0 Å². The van der Waals surface area contributed by atoms with Gasteiger partial charge in [0, 0.05) is 38.0 Å². The van der Waals surface area contributed by atoms with Gasteiger partial charge in [0.05, 0.1) is 6.10 Å². The highest BCUT2D eigenvalue weighted by atomic mass is 16.5. The largest absolute Gasteiger partial charge is 0.488 e. The van der Waals surface area contributed by atoms with Crippen LogP contribution in [0.15, 0.2) is 18.2 Å². The minimum atomic E-state index is -0.117. The average Bonchev–Trinajstić information content (AvgIpc) is 3.30. The van der Waals surface area contributed by atoms with Crippen LogP contribution in [0.5, 0.6) is 5.75 Å². The molecule has 2 N–H and O–H groups in total. The average molecular weight is 388 g/mol. The summed E-state index contributed by atoms with van der Waals surface area (Å²) in [5, 5.41) is 6.24. The Morgan fingerprint density at radius 2 is 2.14 bits per heavy atom. The number of carbonyl (C=O) groups is 1. The summed E-state index contributed by atoms with van der Waals surface area (Å²) >= 11 is 0. The summed E-state index contributed by atoms with van der Waals surface area (Å²) in [6.45, 7) is 6.26. The lowest BCUT2D eigenvalue weighted by molar-refractivity contribution is 0.0847. The number of amides is 2. The third-order valence-electron chi connectivity index (χ3n) is 6.48. The molecule has 2 fully saturated rings. The molecule has 0 radical (unpaired) electrons. The van der Waals surface area contributed by atoms with Gasteiger partial charge in [0.15, 0.2) is 0 Å². The van der Waals surface area contributed by atoms with E-state index in [1.165, 1.54) is 5.56 Å². The molecule has 6 nitrogen and oxygen atoms in total. The quantitative estimate of drug-likeness (QED) is 0.829. The van der Waals surface area contributed by atoms with E-state index in [9.17, 15) is 4.79 Å². The highest BCUT2D eigenvalue weighted by molar-refractivity contribution is 5.89. The fourth-order valence-corrected chi connectivity index (χ4v) is 4.87. The molecule has 6 heteroatoms. The van der Waals surface area contributed by atoms with Crippen molar-refractivity contribution in [1.29, 1.82) is 0 Å². The standard InChI is InChI=1S/C22H33N3O3/c1-22(2)11-9-15-13-16(7-8-20(15)28-22)23-21(26)24-18-5-4-6-19(18)25-12-10-17(14-25)27-3/h7-8,13,17-19H,4-6,9-12,14H2,1-3H3,(H2,23,24,26)/t17?,18-,19+/m0/s1. The fourth-order valence-electron chi connectivity index (χ4n) is 4.87. The molecule has 2 amide bonds. The first-order valence-corrected chi connectivity index (χ1v) is 10.6. The van der Waals surface area contributed by atoms with Crippen molar-refractivity contribution in [3.05, 3.63) is 23.8 Å². The number of nitrogens with one attached hydrogen (secondary N) is 2. The molecule has 1 unspecified atom stereocenters. The third-order valence-corrected chi connectivity index (χ3v) is 6.48. The van der Waals surface area contributed by atoms with Gasteiger partial charge in [-0.2, -0.15) is 0 Å². The Hall–Kier alpha value is -1.79. The molecule has 0 bridgehead atoms. The molecule has 4 rings (SSSR count). The highest BCUT2D eigenvalue weighted by Crippen LogP contribution is 2.34. The number of urea groups is 1. The number of hydrogen-bond donors (Lipinski definition) is 2. The summed E-state index contributed by atoms with van der Waals surface area (Å²) in [6.07, 6.45) is 6.72. The van der Waals surface area contributed by atoms with Crippen molar-refractivity contribution in [2.75, 3.05) is 25.5 Å². The van der Waals surface area contributed by atoms with Gasteiger partial charge >= 0.3 is 6.03 Å². The molecule has 28 heavy (non-hydrogen) atoms. The van der Waals surface area contributed by atoms with Crippen LogP contribution in [0.3, 0.4) is 0 Å².